The molecule has 0 unspecified atom stereocenters. The average molecular weight is 293 g/mol. The number of aryl methyl sites for hydroxylation is 1. The molecule has 0 atom stereocenters. The minimum Gasteiger partial charge on any atom is -0.452 e. The molecule has 0 radical (unpaired) electrons. The second-order valence-corrected chi connectivity index (χ2v) is 6.33. The highest BCUT2D eigenvalue weighted by atomic mass is 16.3. The van der Waals surface area contributed by atoms with E-state index >= 15 is 0 Å². The van der Waals surface area contributed by atoms with Crippen LogP contribution in [0.15, 0.2) is 47.3 Å². The first-order chi connectivity index (χ1) is 10.5. The number of pyridine rings is 1. The van der Waals surface area contributed by atoms with Crippen molar-refractivity contribution in [3.63, 3.8) is 0 Å². The Morgan fingerprint density at radius 3 is 2.68 bits per heavy atom. The van der Waals surface area contributed by atoms with Gasteiger partial charge in [0.2, 0.25) is 0 Å². The van der Waals surface area contributed by atoms with E-state index in [1.54, 1.807) is 0 Å². The van der Waals surface area contributed by atoms with Gasteiger partial charge in [-0.25, -0.2) is 0 Å². The molecular formula is C18H19N3O. The number of hydrogen-bond acceptors (Lipinski definition) is 4. The predicted octanol–water partition coefficient (Wildman–Crippen LogP) is 4.25. The second-order valence-electron chi connectivity index (χ2n) is 6.33. The number of nitrogens with zero attached hydrogens (tertiary/aromatic N) is 3. The highest BCUT2D eigenvalue weighted by Crippen LogP contribution is 2.41. The maximum Gasteiger partial charge on any atom is 0.161 e. The van der Waals surface area contributed by atoms with Crippen LogP contribution in [0.4, 0.5) is 5.69 Å². The SMILES string of the molecule is Cc1ccc2c(oc3cccnc32)c1N1C=CN(C)C1(C)C. The number of benzene rings is 1. The summed E-state index contributed by atoms with van der Waals surface area (Å²) in [6.07, 6.45) is 6.02. The van der Waals surface area contributed by atoms with E-state index in [0.29, 0.717) is 0 Å². The fourth-order valence-electron chi connectivity index (χ4n) is 3.09. The Morgan fingerprint density at radius 2 is 1.95 bits per heavy atom. The van der Waals surface area contributed by atoms with Gasteiger partial charge in [-0.15, -0.1) is 0 Å². The molecule has 0 fully saturated rings. The van der Waals surface area contributed by atoms with Crippen LogP contribution in [-0.4, -0.2) is 22.6 Å². The Hall–Kier alpha value is -2.49. The maximum absolute atomic E-state index is 6.15. The fourth-order valence-corrected chi connectivity index (χ4v) is 3.09. The molecule has 1 aliphatic rings. The van der Waals surface area contributed by atoms with Crippen molar-refractivity contribution in [2.24, 2.45) is 0 Å². The number of hydrogen-bond donors (Lipinski definition) is 0. The zero-order valence-corrected chi connectivity index (χ0v) is 13.3. The number of rotatable bonds is 1. The summed E-state index contributed by atoms with van der Waals surface area (Å²) in [5.41, 5.74) is 4.83. The molecule has 0 amide bonds. The van der Waals surface area contributed by atoms with Crippen molar-refractivity contribution < 1.29 is 4.42 Å². The molecule has 1 aromatic carbocycles. The van der Waals surface area contributed by atoms with Gasteiger partial charge in [-0.05, 0) is 44.5 Å². The lowest BCUT2D eigenvalue weighted by atomic mass is 10.1. The second kappa shape index (κ2) is 4.26. The van der Waals surface area contributed by atoms with Crippen LogP contribution < -0.4 is 4.90 Å². The standard InChI is InChI=1S/C18H19N3O/c1-12-7-8-13-15-14(6-5-9-19-15)22-17(13)16(12)21-11-10-20(4)18(21,2)3/h5-11H,1-4H3. The van der Waals surface area contributed by atoms with E-state index in [-0.39, 0.29) is 5.66 Å². The fraction of sp³-hybridized carbons (Fsp3) is 0.278. The zero-order valence-electron chi connectivity index (χ0n) is 13.3. The lowest BCUT2D eigenvalue weighted by Crippen LogP contribution is -2.46. The molecule has 3 aromatic rings. The Bertz CT molecular complexity index is 907. The van der Waals surface area contributed by atoms with Gasteiger partial charge in [0.25, 0.3) is 0 Å². The van der Waals surface area contributed by atoms with E-state index in [4.69, 9.17) is 4.42 Å². The smallest absolute Gasteiger partial charge is 0.161 e. The quantitative estimate of drug-likeness (QED) is 0.671. The molecule has 4 rings (SSSR count). The molecule has 112 valence electrons. The Balaban J connectivity index is 2.05. The summed E-state index contributed by atoms with van der Waals surface area (Å²) in [5, 5.41) is 1.06. The van der Waals surface area contributed by atoms with Crippen LogP contribution in [0.3, 0.4) is 0 Å². The first-order valence-electron chi connectivity index (χ1n) is 7.47. The molecule has 0 saturated carbocycles. The summed E-state index contributed by atoms with van der Waals surface area (Å²) in [5.74, 6) is 0. The molecule has 0 N–H and O–H groups in total. The number of aromatic nitrogens is 1. The van der Waals surface area contributed by atoms with Crippen molar-refractivity contribution in [2.45, 2.75) is 26.4 Å². The van der Waals surface area contributed by atoms with Gasteiger partial charge < -0.3 is 14.2 Å². The molecule has 22 heavy (non-hydrogen) atoms. The highest BCUT2D eigenvalue weighted by molar-refractivity contribution is 6.07. The minimum absolute atomic E-state index is 0.133. The number of fused-ring (bicyclic) bond motifs is 3. The predicted molar refractivity (Wildman–Crippen MR) is 89.7 cm³/mol. The van der Waals surface area contributed by atoms with Gasteiger partial charge in [-0.2, -0.15) is 0 Å². The van der Waals surface area contributed by atoms with E-state index in [1.165, 1.54) is 5.56 Å². The van der Waals surface area contributed by atoms with Gasteiger partial charge in [-0.1, -0.05) is 6.07 Å². The molecule has 0 bridgehead atoms. The van der Waals surface area contributed by atoms with Crippen molar-refractivity contribution in [3.8, 4) is 0 Å². The van der Waals surface area contributed by atoms with Crippen LogP contribution in [0.1, 0.15) is 19.4 Å². The molecule has 4 nitrogen and oxygen atoms in total. The van der Waals surface area contributed by atoms with Gasteiger partial charge in [0, 0.05) is 31.0 Å². The van der Waals surface area contributed by atoms with Gasteiger partial charge in [-0.3, -0.25) is 4.98 Å². The first kappa shape index (κ1) is 13.2. The molecule has 0 saturated heterocycles. The molecule has 3 heterocycles. The van der Waals surface area contributed by atoms with E-state index in [0.717, 1.165) is 27.8 Å². The molecule has 0 aliphatic carbocycles. The van der Waals surface area contributed by atoms with Gasteiger partial charge >= 0.3 is 0 Å². The van der Waals surface area contributed by atoms with Crippen LogP contribution in [0.25, 0.3) is 22.1 Å². The van der Waals surface area contributed by atoms with Gasteiger partial charge in [0.1, 0.15) is 11.2 Å². The molecule has 4 heteroatoms. The van der Waals surface area contributed by atoms with E-state index < -0.39 is 0 Å². The Kier molecular flexibility index (Phi) is 2.55. The minimum atomic E-state index is -0.133. The summed E-state index contributed by atoms with van der Waals surface area (Å²) >= 11 is 0. The largest absolute Gasteiger partial charge is 0.452 e. The van der Waals surface area contributed by atoms with Crippen LogP contribution in [0.2, 0.25) is 0 Å². The maximum atomic E-state index is 6.15. The van der Waals surface area contributed by atoms with Crippen LogP contribution in [0.5, 0.6) is 0 Å². The van der Waals surface area contributed by atoms with Crippen LogP contribution >= 0.6 is 0 Å². The summed E-state index contributed by atoms with van der Waals surface area (Å²) in [7, 11) is 2.09. The van der Waals surface area contributed by atoms with Crippen molar-refractivity contribution in [1.29, 1.82) is 0 Å². The monoisotopic (exact) mass is 293 g/mol. The lowest BCUT2D eigenvalue weighted by molar-refractivity contribution is 0.253. The number of anilines is 1. The van der Waals surface area contributed by atoms with Crippen LogP contribution in [0, 0.1) is 6.92 Å². The van der Waals surface area contributed by atoms with Crippen molar-refractivity contribution in [2.75, 3.05) is 11.9 Å². The third kappa shape index (κ3) is 1.61. The molecular weight excluding hydrogens is 274 g/mol. The third-order valence-corrected chi connectivity index (χ3v) is 4.70. The summed E-state index contributed by atoms with van der Waals surface area (Å²) in [4.78, 5) is 8.95. The normalized spacial score (nSPS) is 17.1. The van der Waals surface area contributed by atoms with Gasteiger partial charge in [0.05, 0.1) is 5.69 Å². The zero-order chi connectivity index (χ0) is 15.5. The number of furan rings is 1. The summed E-state index contributed by atoms with van der Waals surface area (Å²) < 4.78 is 6.15. The van der Waals surface area contributed by atoms with Gasteiger partial charge in [0.15, 0.2) is 11.2 Å². The van der Waals surface area contributed by atoms with Crippen molar-refractivity contribution in [1.82, 2.24) is 9.88 Å². The first-order valence-corrected chi connectivity index (χ1v) is 7.47. The summed E-state index contributed by atoms with van der Waals surface area (Å²) in [6, 6.07) is 8.12. The third-order valence-electron chi connectivity index (χ3n) is 4.70. The van der Waals surface area contributed by atoms with Crippen molar-refractivity contribution in [3.05, 3.63) is 48.4 Å². The highest BCUT2D eigenvalue weighted by Gasteiger charge is 2.35. The molecule has 1 aliphatic heterocycles. The van der Waals surface area contributed by atoms with E-state index in [2.05, 4.69) is 67.1 Å². The van der Waals surface area contributed by atoms with Crippen molar-refractivity contribution >= 4 is 27.8 Å². The summed E-state index contributed by atoms with van der Waals surface area (Å²) in [6.45, 7) is 6.52. The molecule has 2 aromatic heterocycles. The lowest BCUT2D eigenvalue weighted by Gasteiger charge is -2.38. The topological polar surface area (TPSA) is 32.5 Å². The van der Waals surface area contributed by atoms with E-state index in [1.807, 2.05) is 18.3 Å². The molecule has 0 spiro atoms. The average Bonchev–Trinajstić information content (AvgIpc) is 2.98. The van der Waals surface area contributed by atoms with Crippen LogP contribution in [-0.2, 0) is 0 Å². The van der Waals surface area contributed by atoms with E-state index in [9.17, 15) is 0 Å². The Morgan fingerprint density at radius 1 is 1.14 bits per heavy atom. The Labute approximate surface area is 129 Å².